The third-order valence-corrected chi connectivity index (χ3v) is 4.83. The van der Waals surface area contributed by atoms with E-state index in [2.05, 4.69) is 20.6 Å². The van der Waals surface area contributed by atoms with Gasteiger partial charge >= 0.3 is 6.01 Å². The zero-order valence-corrected chi connectivity index (χ0v) is 13.6. The van der Waals surface area contributed by atoms with Gasteiger partial charge in [-0.1, -0.05) is 12.1 Å². The van der Waals surface area contributed by atoms with Crippen molar-refractivity contribution in [2.75, 3.05) is 23.3 Å². The third-order valence-electron chi connectivity index (χ3n) is 4.83. The van der Waals surface area contributed by atoms with Gasteiger partial charge < -0.3 is 26.4 Å². The number of aromatic hydroxyl groups is 1. The predicted molar refractivity (Wildman–Crippen MR) is 93.8 cm³/mol. The van der Waals surface area contributed by atoms with Crippen molar-refractivity contribution in [1.29, 1.82) is 0 Å². The van der Waals surface area contributed by atoms with Crippen LogP contribution in [0.1, 0.15) is 23.3 Å². The highest BCUT2D eigenvalue weighted by molar-refractivity contribution is 5.99. The van der Waals surface area contributed by atoms with Gasteiger partial charge in [0.15, 0.2) is 5.69 Å². The third kappa shape index (κ3) is 2.74. The lowest BCUT2D eigenvalue weighted by Gasteiger charge is -2.35. The summed E-state index contributed by atoms with van der Waals surface area (Å²) >= 11 is 0. The fraction of sp³-hybridized carbons (Fsp3) is 0.353. The summed E-state index contributed by atoms with van der Waals surface area (Å²) in [5.41, 5.74) is 7.96. The zero-order valence-electron chi connectivity index (χ0n) is 13.6. The van der Waals surface area contributed by atoms with E-state index in [1.807, 2.05) is 29.2 Å². The van der Waals surface area contributed by atoms with Gasteiger partial charge in [0.25, 0.3) is 5.91 Å². The van der Waals surface area contributed by atoms with Gasteiger partial charge in [-0.15, -0.1) is 0 Å². The summed E-state index contributed by atoms with van der Waals surface area (Å²) in [6.07, 6.45) is 3.48. The number of primary amides is 1. The van der Waals surface area contributed by atoms with Crippen molar-refractivity contribution in [1.82, 2.24) is 15.3 Å². The number of nitrogens with zero attached hydrogens (tertiary/aromatic N) is 3. The van der Waals surface area contributed by atoms with Crippen LogP contribution in [0.2, 0.25) is 0 Å². The summed E-state index contributed by atoms with van der Waals surface area (Å²) in [6, 6.07) is 7.45. The van der Waals surface area contributed by atoms with E-state index in [0.717, 1.165) is 37.3 Å². The molecule has 0 saturated carbocycles. The van der Waals surface area contributed by atoms with Crippen molar-refractivity contribution in [2.24, 2.45) is 11.7 Å². The van der Waals surface area contributed by atoms with Crippen LogP contribution in [0.15, 0.2) is 30.5 Å². The molecule has 0 spiro atoms. The number of para-hydroxylation sites is 2. The second-order valence-corrected chi connectivity index (χ2v) is 6.33. The first-order valence-corrected chi connectivity index (χ1v) is 8.36. The number of anilines is 3. The lowest BCUT2D eigenvalue weighted by atomic mass is 9.94. The highest BCUT2D eigenvalue weighted by Gasteiger charge is 2.38. The molecule has 1 unspecified atom stereocenters. The molecule has 4 rings (SSSR count). The van der Waals surface area contributed by atoms with Crippen LogP contribution >= 0.6 is 0 Å². The van der Waals surface area contributed by atoms with Gasteiger partial charge in [0.1, 0.15) is 6.17 Å². The minimum Gasteiger partial charge on any atom is -0.479 e. The monoisotopic (exact) mass is 340 g/mol. The number of aromatic nitrogens is 2. The number of carbonyl (C=O) groups excluding carboxylic acids is 1. The number of nitrogens with one attached hydrogen (secondary N) is 2. The molecule has 1 amide bonds. The highest BCUT2D eigenvalue weighted by Crippen LogP contribution is 2.44. The molecule has 5 N–H and O–H groups in total. The molecule has 130 valence electrons. The average Bonchev–Trinajstić information content (AvgIpc) is 3.02. The maximum Gasteiger partial charge on any atom is 0.314 e. The quantitative estimate of drug-likeness (QED) is 0.663. The molecule has 0 aliphatic carbocycles. The first-order valence-electron chi connectivity index (χ1n) is 8.36. The number of hydrogen-bond donors (Lipinski definition) is 4. The van der Waals surface area contributed by atoms with Crippen LogP contribution in [0.4, 0.5) is 17.1 Å². The lowest BCUT2D eigenvalue weighted by molar-refractivity contribution is 0.0995. The van der Waals surface area contributed by atoms with Crippen molar-refractivity contribution in [3.05, 3.63) is 36.2 Å². The number of carbonyl (C=O) groups is 1. The zero-order chi connectivity index (χ0) is 17.4. The Morgan fingerprint density at radius 2 is 2.00 bits per heavy atom. The molecule has 0 bridgehead atoms. The largest absolute Gasteiger partial charge is 0.479 e. The second-order valence-electron chi connectivity index (χ2n) is 6.33. The average molecular weight is 340 g/mol. The van der Waals surface area contributed by atoms with Crippen molar-refractivity contribution in [3.8, 4) is 6.01 Å². The number of fused-ring (bicyclic) bond motifs is 1. The van der Waals surface area contributed by atoms with Crippen LogP contribution in [0.5, 0.6) is 6.01 Å². The second kappa shape index (κ2) is 6.21. The standard InChI is InChI=1S/C17H20N6O2/c18-15(24)14-13(9-20-17(25)22-14)23-12-4-2-1-3-11(12)21-16(23)10-5-7-19-8-6-10/h1-4,9-10,16,19,21H,5-8H2,(H2,18,24)(H,20,22,25). The minimum atomic E-state index is -0.693. The van der Waals surface area contributed by atoms with E-state index in [1.165, 1.54) is 6.20 Å². The normalized spacial score (nSPS) is 20.2. The first kappa shape index (κ1) is 15.6. The van der Waals surface area contributed by atoms with Gasteiger partial charge in [-0.2, -0.15) is 4.98 Å². The maximum absolute atomic E-state index is 11.9. The van der Waals surface area contributed by atoms with Crippen molar-refractivity contribution < 1.29 is 9.90 Å². The molecule has 8 nitrogen and oxygen atoms in total. The SMILES string of the molecule is NC(=O)c1nc(O)ncc1N1c2ccccc2NC1C1CCNCC1. The smallest absolute Gasteiger partial charge is 0.314 e. The molecule has 0 radical (unpaired) electrons. The molecule has 1 atom stereocenters. The molecular weight excluding hydrogens is 320 g/mol. The van der Waals surface area contributed by atoms with Crippen LogP contribution in [-0.4, -0.2) is 40.2 Å². The van der Waals surface area contributed by atoms with Crippen LogP contribution in [0.3, 0.4) is 0 Å². The summed E-state index contributed by atoms with van der Waals surface area (Å²) in [6.45, 7) is 1.92. The molecule has 3 heterocycles. The molecule has 2 aliphatic rings. The Labute approximate surface area is 145 Å². The Kier molecular flexibility index (Phi) is 3.89. The number of piperidine rings is 1. The molecule has 1 aromatic carbocycles. The summed E-state index contributed by atoms with van der Waals surface area (Å²) in [4.78, 5) is 21.7. The first-order chi connectivity index (χ1) is 12.1. The summed E-state index contributed by atoms with van der Waals surface area (Å²) in [7, 11) is 0. The van der Waals surface area contributed by atoms with Gasteiger partial charge in [-0.05, 0) is 38.1 Å². The van der Waals surface area contributed by atoms with E-state index < -0.39 is 11.9 Å². The van der Waals surface area contributed by atoms with E-state index in [4.69, 9.17) is 5.73 Å². The lowest BCUT2D eigenvalue weighted by Crippen LogP contribution is -2.44. The van der Waals surface area contributed by atoms with Crippen LogP contribution in [-0.2, 0) is 0 Å². The fourth-order valence-electron chi connectivity index (χ4n) is 3.67. The Morgan fingerprint density at radius 3 is 2.76 bits per heavy atom. The van der Waals surface area contributed by atoms with Crippen molar-refractivity contribution in [3.63, 3.8) is 0 Å². The van der Waals surface area contributed by atoms with Crippen molar-refractivity contribution in [2.45, 2.75) is 19.0 Å². The maximum atomic E-state index is 11.9. The van der Waals surface area contributed by atoms with Gasteiger partial charge in [-0.3, -0.25) is 4.79 Å². The number of amides is 1. The van der Waals surface area contributed by atoms with E-state index in [9.17, 15) is 9.90 Å². The van der Waals surface area contributed by atoms with Gasteiger partial charge in [0.05, 0.1) is 23.3 Å². The molecule has 2 aromatic rings. The molecule has 2 aliphatic heterocycles. The van der Waals surface area contributed by atoms with Crippen LogP contribution in [0.25, 0.3) is 0 Å². The Morgan fingerprint density at radius 1 is 1.24 bits per heavy atom. The Balaban J connectivity index is 1.82. The Bertz CT molecular complexity index is 805. The predicted octanol–water partition coefficient (Wildman–Crippen LogP) is 1.17. The van der Waals surface area contributed by atoms with E-state index in [-0.39, 0.29) is 11.9 Å². The molecule has 1 saturated heterocycles. The molecule has 25 heavy (non-hydrogen) atoms. The van der Waals surface area contributed by atoms with Crippen LogP contribution < -0.4 is 21.3 Å². The van der Waals surface area contributed by atoms with E-state index >= 15 is 0 Å². The van der Waals surface area contributed by atoms with Crippen molar-refractivity contribution >= 4 is 23.0 Å². The summed E-state index contributed by atoms with van der Waals surface area (Å²) < 4.78 is 0. The fourth-order valence-corrected chi connectivity index (χ4v) is 3.67. The van der Waals surface area contributed by atoms with E-state index in [1.54, 1.807) is 0 Å². The van der Waals surface area contributed by atoms with Gasteiger partial charge in [-0.25, -0.2) is 4.98 Å². The minimum absolute atomic E-state index is 0.0185. The molecule has 1 fully saturated rings. The number of nitrogens with two attached hydrogens (primary N) is 1. The Hall–Kier alpha value is -2.87. The molecule has 8 heteroatoms. The van der Waals surface area contributed by atoms with Crippen LogP contribution in [0, 0.1) is 5.92 Å². The number of rotatable bonds is 3. The summed E-state index contributed by atoms with van der Waals surface area (Å²) in [5.74, 6) is -0.302. The van der Waals surface area contributed by atoms with Gasteiger partial charge in [0, 0.05) is 5.92 Å². The number of benzene rings is 1. The molecule has 1 aromatic heterocycles. The summed E-state index contributed by atoms with van der Waals surface area (Å²) in [5, 5.41) is 16.5. The topological polar surface area (TPSA) is 116 Å². The number of hydrogen-bond acceptors (Lipinski definition) is 7. The molecular formula is C17H20N6O2. The van der Waals surface area contributed by atoms with E-state index in [0.29, 0.717) is 11.6 Å². The highest BCUT2D eigenvalue weighted by atomic mass is 16.3. The van der Waals surface area contributed by atoms with Gasteiger partial charge in [0.2, 0.25) is 0 Å².